The van der Waals surface area contributed by atoms with E-state index in [0.29, 0.717) is 5.69 Å². The maximum Gasteiger partial charge on any atom is 0.295 e. The Balaban J connectivity index is 1.97. The summed E-state index contributed by atoms with van der Waals surface area (Å²) in [4.78, 5) is 25.5. The van der Waals surface area contributed by atoms with Gasteiger partial charge in [-0.05, 0) is 29.9 Å². The number of anilines is 1. The zero-order valence-electron chi connectivity index (χ0n) is 15.2. The number of para-hydroxylation sites is 1. The summed E-state index contributed by atoms with van der Waals surface area (Å²) in [5.41, 5.74) is 1.57. The summed E-state index contributed by atoms with van der Waals surface area (Å²) in [5.74, 6) is -0.162. The first kappa shape index (κ1) is 16.6. The van der Waals surface area contributed by atoms with E-state index >= 15 is 0 Å². The molecule has 3 rings (SSSR count). The molecule has 1 aromatic carbocycles. The molecule has 0 saturated heterocycles. The van der Waals surface area contributed by atoms with Gasteiger partial charge in [-0.25, -0.2) is 4.68 Å². The van der Waals surface area contributed by atoms with Crippen molar-refractivity contribution < 1.29 is 4.79 Å². The first-order valence-electron chi connectivity index (χ1n) is 8.25. The Morgan fingerprint density at radius 1 is 1.08 bits per heavy atom. The summed E-state index contributed by atoms with van der Waals surface area (Å²) in [6.45, 7) is 10.2. The van der Waals surface area contributed by atoms with Crippen LogP contribution in [0, 0.1) is 23.7 Å². The third-order valence-corrected chi connectivity index (χ3v) is 6.09. The molecule has 0 bridgehead atoms. The second kappa shape index (κ2) is 5.10. The SMILES string of the molecule is Cc1c(NC(=O)C2C(C)(C)C2(C)C)c(=O)n(-c2ccccc2)n1C. The molecule has 5 nitrogen and oxygen atoms in total. The standard InChI is InChI=1S/C19H25N3O2/c1-12-14(20-16(23)15-18(2,3)19(15,4)5)17(24)22(21(12)6)13-10-8-7-9-11-13/h7-11,15H,1-6H3,(H,20,23). The van der Waals surface area contributed by atoms with Crippen LogP contribution in [0.3, 0.4) is 0 Å². The molecule has 1 fully saturated rings. The van der Waals surface area contributed by atoms with E-state index in [0.717, 1.165) is 11.4 Å². The van der Waals surface area contributed by atoms with Gasteiger partial charge < -0.3 is 5.32 Å². The molecule has 5 heteroatoms. The van der Waals surface area contributed by atoms with Crippen molar-refractivity contribution in [2.24, 2.45) is 23.8 Å². The van der Waals surface area contributed by atoms with E-state index in [9.17, 15) is 9.59 Å². The van der Waals surface area contributed by atoms with E-state index in [4.69, 9.17) is 0 Å². The van der Waals surface area contributed by atoms with E-state index in [1.807, 2.05) is 44.3 Å². The van der Waals surface area contributed by atoms with E-state index in [1.54, 1.807) is 9.36 Å². The normalized spacial score (nSPS) is 18.4. The number of rotatable bonds is 3. The molecule has 1 aliphatic carbocycles. The summed E-state index contributed by atoms with van der Waals surface area (Å²) in [5, 5.41) is 2.89. The van der Waals surface area contributed by atoms with E-state index < -0.39 is 0 Å². The summed E-state index contributed by atoms with van der Waals surface area (Å²) < 4.78 is 3.35. The van der Waals surface area contributed by atoms with Gasteiger partial charge in [0.2, 0.25) is 5.91 Å². The van der Waals surface area contributed by atoms with Gasteiger partial charge in [-0.2, -0.15) is 0 Å². The number of hydrogen-bond acceptors (Lipinski definition) is 2. The largest absolute Gasteiger partial charge is 0.320 e. The minimum Gasteiger partial charge on any atom is -0.320 e. The number of carbonyl (C=O) groups is 1. The molecule has 128 valence electrons. The van der Waals surface area contributed by atoms with Crippen LogP contribution in [0.2, 0.25) is 0 Å². The average molecular weight is 327 g/mol. The van der Waals surface area contributed by atoms with Crippen LogP contribution >= 0.6 is 0 Å². The predicted octanol–water partition coefficient (Wildman–Crippen LogP) is 3.11. The smallest absolute Gasteiger partial charge is 0.295 e. The lowest BCUT2D eigenvalue weighted by Crippen LogP contribution is -2.24. The molecule has 0 radical (unpaired) electrons. The molecular weight excluding hydrogens is 302 g/mol. The monoisotopic (exact) mass is 327 g/mol. The lowest BCUT2D eigenvalue weighted by atomic mass is 10.0. The fraction of sp³-hybridized carbons (Fsp3) is 0.474. The summed E-state index contributed by atoms with van der Waals surface area (Å²) in [7, 11) is 1.82. The third kappa shape index (κ3) is 2.14. The lowest BCUT2D eigenvalue weighted by Gasteiger charge is -2.07. The Morgan fingerprint density at radius 2 is 1.62 bits per heavy atom. The lowest BCUT2D eigenvalue weighted by molar-refractivity contribution is -0.118. The van der Waals surface area contributed by atoms with Crippen LogP contribution in [0.25, 0.3) is 5.69 Å². The molecule has 1 heterocycles. The van der Waals surface area contributed by atoms with Gasteiger partial charge in [0.1, 0.15) is 5.69 Å². The van der Waals surface area contributed by atoms with E-state index in [2.05, 4.69) is 33.0 Å². The zero-order chi connectivity index (χ0) is 17.9. The molecule has 1 N–H and O–H groups in total. The molecule has 0 aliphatic heterocycles. The zero-order valence-corrected chi connectivity index (χ0v) is 15.2. The minimum absolute atomic E-state index is 0.0573. The van der Waals surface area contributed by atoms with Crippen molar-refractivity contribution in [3.8, 4) is 5.69 Å². The molecular formula is C19H25N3O2. The van der Waals surface area contributed by atoms with Gasteiger partial charge in [0.05, 0.1) is 11.4 Å². The Kier molecular flexibility index (Phi) is 3.52. The molecule has 0 spiro atoms. The predicted molar refractivity (Wildman–Crippen MR) is 95.4 cm³/mol. The van der Waals surface area contributed by atoms with E-state index in [-0.39, 0.29) is 28.2 Å². The minimum atomic E-state index is -0.203. The maximum atomic E-state index is 12.8. The number of carbonyl (C=O) groups excluding carboxylic acids is 1. The van der Waals surface area contributed by atoms with Gasteiger partial charge in [0, 0.05) is 13.0 Å². The van der Waals surface area contributed by atoms with Crippen LogP contribution in [0.4, 0.5) is 5.69 Å². The highest BCUT2D eigenvalue weighted by molar-refractivity contribution is 5.96. The van der Waals surface area contributed by atoms with Crippen LogP contribution in [0.1, 0.15) is 33.4 Å². The number of benzene rings is 1. The van der Waals surface area contributed by atoms with Crippen LogP contribution in [-0.4, -0.2) is 15.3 Å². The van der Waals surface area contributed by atoms with Crippen LogP contribution in [0.5, 0.6) is 0 Å². The molecule has 0 atom stereocenters. The van der Waals surface area contributed by atoms with Crippen molar-refractivity contribution in [1.82, 2.24) is 9.36 Å². The molecule has 0 unspecified atom stereocenters. The van der Waals surface area contributed by atoms with Gasteiger partial charge in [0.25, 0.3) is 5.56 Å². The van der Waals surface area contributed by atoms with Gasteiger partial charge in [-0.15, -0.1) is 0 Å². The van der Waals surface area contributed by atoms with Crippen molar-refractivity contribution in [2.45, 2.75) is 34.6 Å². The van der Waals surface area contributed by atoms with Crippen LogP contribution in [0.15, 0.2) is 35.1 Å². The van der Waals surface area contributed by atoms with Crippen LogP contribution in [-0.2, 0) is 11.8 Å². The first-order chi connectivity index (χ1) is 11.1. The number of amides is 1. The number of nitrogens with one attached hydrogen (secondary N) is 1. The van der Waals surface area contributed by atoms with Crippen molar-refractivity contribution in [2.75, 3.05) is 5.32 Å². The highest BCUT2D eigenvalue weighted by Crippen LogP contribution is 2.68. The van der Waals surface area contributed by atoms with Crippen LogP contribution < -0.4 is 10.9 Å². The molecule has 2 aromatic rings. The fourth-order valence-electron chi connectivity index (χ4n) is 3.76. The second-order valence-corrected chi connectivity index (χ2v) is 7.80. The number of nitrogens with zero attached hydrogens (tertiary/aromatic N) is 2. The molecule has 1 amide bonds. The Bertz CT molecular complexity index is 843. The first-order valence-corrected chi connectivity index (χ1v) is 8.25. The summed E-state index contributed by atoms with van der Waals surface area (Å²) >= 11 is 0. The van der Waals surface area contributed by atoms with Gasteiger partial charge in [-0.1, -0.05) is 45.9 Å². The van der Waals surface area contributed by atoms with Gasteiger partial charge in [0.15, 0.2) is 0 Å². The molecule has 1 saturated carbocycles. The highest BCUT2D eigenvalue weighted by atomic mass is 16.2. The van der Waals surface area contributed by atoms with E-state index in [1.165, 1.54) is 0 Å². The molecule has 24 heavy (non-hydrogen) atoms. The van der Waals surface area contributed by atoms with Gasteiger partial charge in [-0.3, -0.25) is 14.3 Å². The van der Waals surface area contributed by atoms with Crippen molar-refractivity contribution in [3.05, 3.63) is 46.4 Å². The van der Waals surface area contributed by atoms with Crippen molar-refractivity contribution in [3.63, 3.8) is 0 Å². The van der Waals surface area contributed by atoms with Gasteiger partial charge >= 0.3 is 0 Å². The number of aromatic nitrogens is 2. The Labute approximate surface area is 142 Å². The summed E-state index contributed by atoms with van der Waals surface area (Å²) in [6, 6.07) is 9.43. The highest BCUT2D eigenvalue weighted by Gasteiger charge is 2.68. The fourth-order valence-corrected chi connectivity index (χ4v) is 3.76. The number of hydrogen-bond donors (Lipinski definition) is 1. The Hall–Kier alpha value is -2.30. The second-order valence-electron chi connectivity index (χ2n) is 7.80. The maximum absolute atomic E-state index is 12.8. The quantitative estimate of drug-likeness (QED) is 0.942. The third-order valence-electron chi connectivity index (χ3n) is 6.09. The Morgan fingerprint density at radius 3 is 2.12 bits per heavy atom. The van der Waals surface area contributed by atoms with Crippen molar-refractivity contribution in [1.29, 1.82) is 0 Å². The molecule has 1 aliphatic rings. The molecule has 1 aromatic heterocycles. The average Bonchev–Trinajstić information content (AvgIpc) is 2.83. The van der Waals surface area contributed by atoms with Crippen molar-refractivity contribution >= 4 is 11.6 Å². The topological polar surface area (TPSA) is 56.0 Å². The summed E-state index contributed by atoms with van der Waals surface area (Å²) in [6.07, 6.45) is 0.